The highest BCUT2D eigenvalue weighted by molar-refractivity contribution is 6.04. The lowest BCUT2D eigenvalue weighted by Gasteiger charge is -2.16. The summed E-state index contributed by atoms with van der Waals surface area (Å²) in [4.78, 5) is 25.8. The van der Waals surface area contributed by atoms with E-state index in [2.05, 4.69) is 5.32 Å². The molecule has 0 aliphatic carbocycles. The molecule has 0 bridgehead atoms. The number of ether oxygens (including phenoxy) is 1. The van der Waals surface area contributed by atoms with E-state index in [1.54, 1.807) is 19.0 Å². The fourth-order valence-electron chi connectivity index (χ4n) is 2.09. The number of rotatable bonds is 3. The molecule has 2 rings (SSSR count). The Labute approximate surface area is 116 Å². The Balaban J connectivity index is 2.16. The van der Waals surface area contributed by atoms with E-state index in [9.17, 15) is 14.0 Å². The molecule has 0 radical (unpaired) electrons. The summed E-state index contributed by atoms with van der Waals surface area (Å²) >= 11 is 0. The molecule has 5 nitrogen and oxygen atoms in total. The Bertz CT molecular complexity index is 531. The number of fused-ring (bicyclic) bond motifs is 1. The van der Waals surface area contributed by atoms with Crippen molar-refractivity contribution in [1.82, 2.24) is 10.2 Å². The predicted molar refractivity (Wildman–Crippen MR) is 71.3 cm³/mol. The Morgan fingerprint density at radius 2 is 2.25 bits per heavy atom. The van der Waals surface area contributed by atoms with Crippen molar-refractivity contribution in [2.75, 3.05) is 27.2 Å². The average molecular weight is 280 g/mol. The van der Waals surface area contributed by atoms with Crippen molar-refractivity contribution in [3.05, 3.63) is 29.6 Å². The molecule has 0 aromatic heterocycles. The van der Waals surface area contributed by atoms with Crippen LogP contribution in [0.2, 0.25) is 0 Å². The van der Waals surface area contributed by atoms with Crippen LogP contribution in [0.4, 0.5) is 4.39 Å². The van der Waals surface area contributed by atoms with Crippen LogP contribution in [-0.4, -0.2) is 49.9 Å². The zero-order valence-corrected chi connectivity index (χ0v) is 11.5. The quantitative estimate of drug-likeness (QED) is 0.891. The Kier molecular flexibility index (Phi) is 4.34. The zero-order valence-electron chi connectivity index (χ0n) is 11.5. The molecule has 1 N–H and O–H groups in total. The molecular weight excluding hydrogens is 263 g/mol. The maximum Gasteiger partial charge on any atom is 0.234 e. The second-order valence-corrected chi connectivity index (χ2v) is 5.00. The molecular formula is C14H17FN2O3. The lowest BCUT2D eigenvalue weighted by Crippen LogP contribution is -2.44. The SMILES string of the molecule is CN(C)CC(=O)NC1CCOc2ccc(F)cc2C1=O. The molecule has 1 aliphatic rings. The van der Waals surface area contributed by atoms with Crippen LogP contribution in [0.5, 0.6) is 5.75 Å². The molecule has 1 heterocycles. The molecule has 0 saturated heterocycles. The molecule has 1 unspecified atom stereocenters. The summed E-state index contributed by atoms with van der Waals surface area (Å²) in [6.07, 6.45) is 0.369. The third-order valence-corrected chi connectivity index (χ3v) is 2.98. The smallest absolute Gasteiger partial charge is 0.234 e. The van der Waals surface area contributed by atoms with Gasteiger partial charge < -0.3 is 15.0 Å². The van der Waals surface area contributed by atoms with Gasteiger partial charge in [0, 0.05) is 6.42 Å². The van der Waals surface area contributed by atoms with E-state index in [1.807, 2.05) is 0 Å². The van der Waals surface area contributed by atoms with E-state index < -0.39 is 11.9 Å². The van der Waals surface area contributed by atoms with Crippen molar-refractivity contribution in [3.8, 4) is 5.75 Å². The van der Waals surface area contributed by atoms with Gasteiger partial charge in [-0.3, -0.25) is 9.59 Å². The van der Waals surface area contributed by atoms with Crippen LogP contribution in [0.1, 0.15) is 16.8 Å². The van der Waals surface area contributed by atoms with Crippen LogP contribution < -0.4 is 10.1 Å². The molecule has 0 saturated carbocycles. The first-order valence-electron chi connectivity index (χ1n) is 6.38. The minimum absolute atomic E-state index is 0.178. The van der Waals surface area contributed by atoms with Crippen LogP contribution in [-0.2, 0) is 4.79 Å². The van der Waals surface area contributed by atoms with Crippen LogP contribution in [0.25, 0.3) is 0 Å². The van der Waals surface area contributed by atoms with E-state index in [-0.39, 0.29) is 23.8 Å². The second-order valence-electron chi connectivity index (χ2n) is 5.00. The van der Waals surface area contributed by atoms with Gasteiger partial charge in [-0.2, -0.15) is 0 Å². The average Bonchev–Trinajstić information content (AvgIpc) is 2.50. The molecule has 1 aromatic carbocycles. The fraction of sp³-hybridized carbons (Fsp3) is 0.429. The largest absolute Gasteiger partial charge is 0.493 e. The third kappa shape index (κ3) is 3.33. The first-order valence-corrected chi connectivity index (χ1v) is 6.38. The summed E-state index contributed by atoms with van der Waals surface area (Å²) in [5, 5.41) is 2.67. The molecule has 1 aromatic rings. The number of halogens is 1. The summed E-state index contributed by atoms with van der Waals surface area (Å²) in [5.74, 6) is -0.695. The Morgan fingerprint density at radius 3 is 2.95 bits per heavy atom. The number of hydrogen-bond donors (Lipinski definition) is 1. The molecule has 20 heavy (non-hydrogen) atoms. The van der Waals surface area contributed by atoms with Gasteiger partial charge in [-0.1, -0.05) is 0 Å². The van der Waals surface area contributed by atoms with Gasteiger partial charge in [0.05, 0.1) is 24.8 Å². The summed E-state index contributed by atoms with van der Waals surface area (Å²) in [6.45, 7) is 0.498. The number of amides is 1. The lowest BCUT2D eigenvalue weighted by atomic mass is 10.0. The van der Waals surface area contributed by atoms with Gasteiger partial charge in [-0.25, -0.2) is 4.39 Å². The molecule has 108 valence electrons. The van der Waals surface area contributed by atoms with Crippen LogP contribution in [0, 0.1) is 5.82 Å². The zero-order chi connectivity index (χ0) is 14.7. The van der Waals surface area contributed by atoms with Crippen molar-refractivity contribution in [2.45, 2.75) is 12.5 Å². The van der Waals surface area contributed by atoms with Gasteiger partial charge in [-0.05, 0) is 32.3 Å². The van der Waals surface area contributed by atoms with Gasteiger partial charge >= 0.3 is 0 Å². The van der Waals surface area contributed by atoms with E-state index in [0.717, 1.165) is 6.07 Å². The molecule has 1 atom stereocenters. The molecule has 0 spiro atoms. The van der Waals surface area contributed by atoms with Gasteiger partial charge in [0.2, 0.25) is 5.91 Å². The first-order chi connectivity index (χ1) is 9.47. The van der Waals surface area contributed by atoms with E-state index in [0.29, 0.717) is 18.8 Å². The number of carbonyl (C=O) groups is 2. The maximum atomic E-state index is 13.3. The Hall–Kier alpha value is -1.95. The number of nitrogens with zero attached hydrogens (tertiary/aromatic N) is 1. The van der Waals surface area contributed by atoms with Crippen LogP contribution in [0.3, 0.4) is 0 Å². The predicted octanol–water partition coefficient (Wildman–Crippen LogP) is 0.837. The number of Topliss-reactive ketones (excluding diaryl/α,β-unsaturated/α-hetero) is 1. The second kappa shape index (κ2) is 6.00. The lowest BCUT2D eigenvalue weighted by molar-refractivity contribution is -0.122. The molecule has 1 aliphatic heterocycles. The van der Waals surface area contributed by atoms with Gasteiger partial charge in [0.25, 0.3) is 0 Å². The molecule has 1 amide bonds. The monoisotopic (exact) mass is 280 g/mol. The highest BCUT2D eigenvalue weighted by Gasteiger charge is 2.28. The summed E-state index contributed by atoms with van der Waals surface area (Å²) in [6, 6.07) is 3.16. The molecule has 6 heteroatoms. The van der Waals surface area contributed by atoms with E-state index in [1.165, 1.54) is 12.1 Å². The number of hydrogen-bond acceptors (Lipinski definition) is 4. The normalized spacial score (nSPS) is 18.2. The summed E-state index contributed by atoms with van der Waals surface area (Å²) in [7, 11) is 3.53. The van der Waals surface area contributed by atoms with Crippen molar-refractivity contribution in [3.63, 3.8) is 0 Å². The number of benzene rings is 1. The van der Waals surface area contributed by atoms with E-state index >= 15 is 0 Å². The van der Waals surface area contributed by atoms with Crippen molar-refractivity contribution in [1.29, 1.82) is 0 Å². The standard InChI is InChI=1S/C14H17FN2O3/c1-17(2)8-13(18)16-11-5-6-20-12-4-3-9(15)7-10(12)14(11)19/h3-4,7,11H,5-6,8H2,1-2H3,(H,16,18). The third-order valence-electron chi connectivity index (χ3n) is 2.98. The van der Waals surface area contributed by atoms with Crippen molar-refractivity contribution in [2.24, 2.45) is 0 Å². The van der Waals surface area contributed by atoms with Crippen LogP contribution >= 0.6 is 0 Å². The maximum absolute atomic E-state index is 13.3. The van der Waals surface area contributed by atoms with Gasteiger partial charge in [0.15, 0.2) is 5.78 Å². The molecule has 0 fully saturated rings. The number of likely N-dealkylation sites (N-methyl/N-ethyl adjacent to an activating group) is 1. The van der Waals surface area contributed by atoms with Gasteiger partial charge in [0.1, 0.15) is 11.6 Å². The minimum Gasteiger partial charge on any atom is -0.493 e. The number of nitrogens with one attached hydrogen (secondary N) is 1. The van der Waals surface area contributed by atoms with Crippen molar-refractivity contribution < 1.29 is 18.7 Å². The van der Waals surface area contributed by atoms with Crippen molar-refractivity contribution >= 4 is 11.7 Å². The summed E-state index contributed by atoms with van der Waals surface area (Å²) < 4.78 is 18.7. The van der Waals surface area contributed by atoms with Gasteiger partial charge in [-0.15, -0.1) is 0 Å². The van der Waals surface area contributed by atoms with E-state index in [4.69, 9.17) is 4.74 Å². The minimum atomic E-state index is -0.675. The Morgan fingerprint density at radius 1 is 1.50 bits per heavy atom. The number of ketones is 1. The fourth-order valence-corrected chi connectivity index (χ4v) is 2.09. The highest BCUT2D eigenvalue weighted by atomic mass is 19.1. The number of carbonyl (C=O) groups excluding carboxylic acids is 2. The first kappa shape index (κ1) is 14.5. The summed E-state index contributed by atoms with van der Waals surface area (Å²) in [5.41, 5.74) is 0.178. The van der Waals surface area contributed by atoms with Crippen LogP contribution in [0.15, 0.2) is 18.2 Å². The highest BCUT2D eigenvalue weighted by Crippen LogP contribution is 2.25. The topological polar surface area (TPSA) is 58.6 Å².